The minimum atomic E-state index is 0.258. The molecule has 0 saturated carbocycles. The van der Waals surface area contributed by atoms with Crippen LogP contribution in [0, 0.1) is 0 Å². The van der Waals surface area contributed by atoms with Crippen molar-refractivity contribution < 1.29 is 5.11 Å². The summed E-state index contributed by atoms with van der Waals surface area (Å²) >= 11 is 0. The standard InChI is InChI=1S/C21H22N2O/c24-15-9-3-8-14-19-16-22-20(17-10-4-1-5-11-17)21(23-19)18-12-6-2-7-13-18/h1-2,4-7,10-13,16,24H,3,8-9,14-15H2. The zero-order valence-electron chi connectivity index (χ0n) is 13.7. The Labute approximate surface area is 143 Å². The lowest BCUT2D eigenvalue weighted by atomic mass is 10.0. The van der Waals surface area contributed by atoms with Crippen molar-refractivity contribution in [2.24, 2.45) is 0 Å². The SMILES string of the molecule is OCCCCCc1cnc(-c2ccccc2)c(-c2ccccc2)n1. The monoisotopic (exact) mass is 318 g/mol. The molecular weight excluding hydrogens is 296 g/mol. The first kappa shape index (κ1) is 16.3. The highest BCUT2D eigenvalue weighted by Crippen LogP contribution is 2.28. The summed E-state index contributed by atoms with van der Waals surface area (Å²) in [4.78, 5) is 9.60. The van der Waals surface area contributed by atoms with E-state index in [-0.39, 0.29) is 6.61 Å². The normalized spacial score (nSPS) is 10.7. The van der Waals surface area contributed by atoms with Crippen LogP contribution >= 0.6 is 0 Å². The number of benzene rings is 2. The molecular formula is C21H22N2O. The van der Waals surface area contributed by atoms with E-state index in [1.54, 1.807) is 0 Å². The molecule has 3 heteroatoms. The number of hydrogen-bond donors (Lipinski definition) is 1. The first-order chi connectivity index (χ1) is 11.9. The highest BCUT2D eigenvalue weighted by Gasteiger charge is 2.11. The number of aliphatic hydroxyl groups is 1. The molecule has 3 aromatic rings. The molecule has 1 N–H and O–H groups in total. The van der Waals surface area contributed by atoms with E-state index in [1.807, 2.05) is 42.6 Å². The highest BCUT2D eigenvalue weighted by atomic mass is 16.2. The largest absolute Gasteiger partial charge is 0.396 e. The van der Waals surface area contributed by atoms with Gasteiger partial charge in [-0.25, -0.2) is 4.98 Å². The van der Waals surface area contributed by atoms with Crippen LogP contribution in [0.4, 0.5) is 0 Å². The van der Waals surface area contributed by atoms with Crippen LogP contribution < -0.4 is 0 Å². The first-order valence-electron chi connectivity index (χ1n) is 8.46. The van der Waals surface area contributed by atoms with Gasteiger partial charge in [0.1, 0.15) is 0 Å². The van der Waals surface area contributed by atoms with Crippen molar-refractivity contribution in [3.63, 3.8) is 0 Å². The molecule has 0 aliphatic carbocycles. The van der Waals surface area contributed by atoms with Gasteiger partial charge in [0, 0.05) is 23.9 Å². The van der Waals surface area contributed by atoms with Crippen molar-refractivity contribution in [1.29, 1.82) is 0 Å². The summed E-state index contributed by atoms with van der Waals surface area (Å²) in [6.45, 7) is 0.258. The van der Waals surface area contributed by atoms with Gasteiger partial charge in [-0.3, -0.25) is 4.98 Å². The van der Waals surface area contributed by atoms with E-state index in [9.17, 15) is 0 Å². The molecule has 0 radical (unpaired) electrons. The van der Waals surface area contributed by atoms with Crippen LogP contribution in [-0.2, 0) is 6.42 Å². The number of aromatic nitrogens is 2. The average molecular weight is 318 g/mol. The van der Waals surface area contributed by atoms with Crippen LogP contribution in [0.2, 0.25) is 0 Å². The summed E-state index contributed by atoms with van der Waals surface area (Å²) < 4.78 is 0. The summed E-state index contributed by atoms with van der Waals surface area (Å²) in [6.07, 6.45) is 5.66. The van der Waals surface area contributed by atoms with Crippen molar-refractivity contribution in [2.45, 2.75) is 25.7 Å². The molecule has 0 spiro atoms. The topological polar surface area (TPSA) is 46.0 Å². The summed E-state index contributed by atoms with van der Waals surface area (Å²) in [5.41, 5.74) is 5.02. The highest BCUT2D eigenvalue weighted by molar-refractivity contribution is 5.77. The van der Waals surface area contributed by atoms with Crippen LogP contribution in [0.3, 0.4) is 0 Å². The van der Waals surface area contributed by atoms with E-state index >= 15 is 0 Å². The zero-order chi connectivity index (χ0) is 16.6. The molecule has 0 amide bonds. The smallest absolute Gasteiger partial charge is 0.0968 e. The van der Waals surface area contributed by atoms with Gasteiger partial charge in [0.05, 0.1) is 17.1 Å². The van der Waals surface area contributed by atoms with E-state index in [0.29, 0.717) is 0 Å². The van der Waals surface area contributed by atoms with Crippen molar-refractivity contribution in [3.8, 4) is 22.5 Å². The fourth-order valence-electron chi connectivity index (χ4n) is 2.75. The van der Waals surface area contributed by atoms with Gasteiger partial charge < -0.3 is 5.11 Å². The summed E-state index contributed by atoms with van der Waals surface area (Å²) in [5.74, 6) is 0. The Kier molecular flexibility index (Phi) is 5.70. The first-order valence-corrected chi connectivity index (χ1v) is 8.46. The molecule has 122 valence electrons. The molecule has 2 aromatic carbocycles. The third-order valence-electron chi connectivity index (χ3n) is 4.01. The summed E-state index contributed by atoms with van der Waals surface area (Å²) in [5, 5.41) is 8.89. The van der Waals surface area contributed by atoms with Gasteiger partial charge >= 0.3 is 0 Å². The van der Waals surface area contributed by atoms with Crippen molar-refractivity contribution >= 4 is 0 Å². The lowest BCUT2D eigenvalue weighted by Crippen LogP contribution is -1.99. The quantitative estimate of drug-likeness (QED) is 0.652. The second kappa shape index (κ2) is 8.37. The maximum atomic E-state index is 8.89. The van der Waals surface area contributed by atoms with Gasteiger partial charge in [-0.05, 0) is 19.3 Å². The molecule has 0 bridgehead atoms. The lowest BCUT2D eigenvalue weighted by Gasteiger charge is -2.10. The van der Waals surface area contributed by atoms with Crippen molar-refractivity contribution in [1.82, 2.24) is 9.97 Å². The Hall–Kier alpha value is -2.52. The van der Waals surface area contributed by atoms with E-state index in [1.165, 1.54) is 0 Å². The average Bonchev–Trinajstić information content (AvgIpc) is 2.66. The van der Waals surface area contributed by atoms with Crippen LogP contribution in [0.1, 0.15) is 25.0 Å². The van der Waals surface area contributed by atoms with E-state index in [2.05, 4.69) is 24.3 Å². The predicted molar refractivity (Wildman–Crippen MR) is 97.5 cm³/mol. The Morgan fingerprint density at radius 1 is 0.708 bits per heavy atom. The summed E-state index contributed by atoms with van der Waals surface area (Å²) in [6, 6.07) is 20.4. The molecule has 24 heavy (non-hydrogen) atoms. The Bertz CT molecular complexity index is 757. The maximum Gasteiger partial charge on any atom is 0.0968 e. The van der Waals surface area contributed by atoms with Crippen molar-refractivity contribution in [2.75, 3.05) is 6.61 Å². The minimum Gasteiger partial charge on any atom is -0.396 e. The lowest BCUT2D eigenvalue weighted by molar-refractivity contribution is 0.283. The molecule has 1 heterocycles. The third kappa shape index (κ3) is 4.06. The van der Waals surface area contributed by atoms with E-state index < -0.39 is 0 Å². The number of nitrogens with zero attached hydrogens (tertiary/aromatic N) is 2. The molecule has 0 unspecified atom stereocenters. The third-order valence-corrected chi connectivity index (χ3v) is 4.01. The van der Waals surface area contributed by atoms with Gasteiger partial charge in [0.25, 0.3) is 0 Å². The number of rotatable bonds is 7. The van der Waals surface area contributed by atoms with E-state index in [0.717, 1.165) is 53.9 Å². The second-order valence-corrected chi connectivity index (χ2v) is 5.82. The number of unbranched alkanes of at least 4 members (excludes halogenated alkanes) is 2. The molecule has 0 saturated heterocycles. The fraction of sp³-hybridized carbons (Fsp3) is 0.238. The minimum absolute atomic E-state index is 0.258. The van der Waals surface area contributed by atoms with Crippen LogP contribution in [0.15, 0.2) is 66.9 Å². The van der Waals surface area contributed by atoms with Gasteiger partial charge in [-0.2, -0.15) is 0 Å². The number of hydrogen-bond acceptors (Lipinski definition) is 3. The Balaban J connectivity index is 1.94. The van der Waals surface area contributed by atoms with Gasteiger partial charge in [-0.15, -0.1) is 0 Å². The van der Waals surface area contributed by atoms with Crippen LogP contribution in [0.5, 0.6) is 0 Å². The van der Waals surface area contributed by atoms with Crippen LogP contribution in [-0.4, -0.2) is 21.7 Å². The van der Waals surface area contributed by atoms with E-state index in [4.69, 9.17) is 15.1 Å². The molecule has 0 aliphatic rings. The molecule has 3 rings (SSSR count). The molecule has 1 aromatic heterocycles. The Morgan fingerprint density at radius 3 is 1.96 bits per heavy atom. The van der Waals surface area contributed by atoms with Crippen LogP contribution in [0.25, 0.3) is 22.5 Å². The molecule has 0 aliphatic heterocycles. The zero-order valence-corrected chi connectivity index (χ0v) is 13.7. The molecule has 0 atom stereocenters. The fourth-order valence-corrected chi connectivity index (χ4v) is 2.75. The maximum absolute atomic E-state index is 8.89. The molecule has 3 nitrogen and oxygen atoms in total. The predicted octanol–water partition coefficient (Wildman–Crippen LogP) is 4.52. The van der Waals surface area contributed by atoms with Crippen molar-refractivity contribution in [3.05, 3.63) is 72.6 Å². The molecule has 0 fully saturated rings. The summed E-state index contributed by atoms with van der Waals surface area (Å²) in [7, 11) is 0. The number of aryl methyl sites for hydroxylation is 1. The van der Waals surface area contributed by atoms with Gasteiger partial charge in [0.15, 0.2) is 0 Å². The number of aliphatic hydroxyl groups excluding tert-OH is 1. The van der Waals surface area contributed by atoms with Gasteiger partial charge in [-0.1, -0.05) is 67.1 Å². The van der Waals surface area contributed by atoms with Gasteiger partial charge in [0.2, 0.25) is 0 Å². The second-order valence-electron chi connectivity index (χ2n) is 5.82. The Morgan fingerprint density at radius 2 is 1.33 bits per heavy atom.